The Morgan fingerprint density at radius 1 is 1.30 bits per heavy atom. The molecule has 0 spiro atoms. The molecule has 0 radical (unpaired) electrons. The number of benzene rings is 1. The largest absolute Gasteiger partial charge is 0.391 e. The van der Waals surface area contributed by atoms with E-state index in [2.05, 4.69) is 20.2 Å². The van der Waals surface area contributed by atoms with Crippen molar-refractivity contribution in [3.05, 3.63) is 30.1 Å². The van der Waals surface area contributed by atoms with Crippen molar-refractivity contribution in [1.82, 2.24) is 20.2 Å². The first-order valence-electron chi connectivity index (χ1n) is 8.09. The number of aliphatic hydroxyl groups is 1. The van der Waals surface area contributed by atoms with Crippen molar-refractivity contribution in [3.8, 4) is 0 Å². The van der Waals surface area contributed by atoms with Crippen LogP contribution in [0.25, 0.3) is 11.0 Å². The molecule has 0 bridgehead atoms. The number of rotatable bonds is 7. The molecule has 0 saturated carbocycles. The smallest absolute Gasteiger partial charge is 0.314 e. The van der Waals surface area contributed by atoms with Gasteiger partial charge in [0.1, 0.15) is 5.82 Å². The number of imidazole rings is 1. The Morgan fingerprint density at radius 3 is 2.78 bits per heavy atom. The van der Waals surface area contributed by atoms with E-state index in [0.29, 0.717) is 25.4 Å². The van der Waals surface area contributed by atoms with Crippen molar-refractivity contribution in [2.45, 2.75) is 39.8 Å². The number of amides is 2. The minimum Gasteiger partial charge on any atom is -0.391 e. The van der Waals surface area contributed by atoms with E-state index in [9.17, 15) is 9.90 Å². The molecule has 6 heteroatoms. The highest BCUT2D eigenvalue weighted by molar-refractivity contribution is 5.76. The minimum absolute atomic E-state index is 0.255. The molecule has 0 aliphatic carbocycles. The lowest BCUT2D eigenvalue weighted by atomic mass is 10.1. The molecule has 3 N–H and O–H groups in total. The van der Waals surface area contributed by atoms with Crippen molar-refractivity contribution < 1.29 is 9.90 Å². The van der Waals surface area contributed by atoms with E-state index in [1.54, 1.807) is 0 Å². The lowest BCUT2D eigenvalue weighted by molar-refractivity contribution is 0.147. The van der Waals surface area contributed by atoms with E-state index in [1.165, 1.54) is 0 Å². The predicted octanol–water partition coefficient (Wildman–Crippen LogP) is 2.05. The van der Waals surface area contributed by atoms with E-state index in [4.69, 9.17) is 0 Å². The summed E-state index contributed by atoms with van der Waals surface area (Å²) >= 11 is 0. The number of fused-ring (bicyclic) bond motifs is 1. The molecule has 1 heterocycles. The van der Waals surface area contributed by atoms with Gasteiger partial charge in [0.25, 0.3) is 0 Å². The summed E-state index contributed by atoms with van der Waals surface area (Å²) in [6, 6.07) is 7.70. The maximum atomic E-state index is 11.8. The predicted molar refractivity (Wildman–Crippen MR) is 91.3 cm³/mol. The van der Waals surface area contributed by atoms with Gasteiger partial charge < -0.3 is 20.3 Å². The summed E-state index contributed by atoms with van der Waals surface area (Å²) in [5.74, 6) is 1.34. The van der Waals surface area contributed by atoms with Gasteiger partial charge in [-0.05, 0) is 31.4 Å². The van der Waals surface area contributed by atoms with Gasteiger partial charge in [-0.2, -0.15) is 0 Å². The molecule has 0 aliphatic rings. The number of nitrogens with zero attached hydrogens (tertiary/aromatic N) is 2. The van der Waals surface area contributed by atoms with E-state index in [1.807, 2.05) is 45.0 Å². The van der Waals surface area contributed by atoms with Crippen molar-refractivity contribution in [1.29, 1.82) is 0 Å². The Hall–Kier alpha value is -2.08. The van der Waals surface area contributed by atoms with Gasteiger partial charge >= 0.3 is 6.03 Å². The van der Waals surface area contributed by atoms with Gasteiger partial charge in [0.2, 0.25) is 0 Å². The molecular formula is C17H26N4O2. The number of hydrogen-bond donors (Lipinski definition) is 3. The molecule has 6 nitrogen and oxygen atoms in total. The number of urea groups is 1. The quantitative estimate of drug-likeness (QED) is 0.731. The van der Waals surface area contributed by atoms with Crippen molar-refractivity contribution >= 4 is 17.1 Å². The molecular weight excluding hydrogens is 292 g/mol. The molecule has 1 aromatic carbocycles. The molecule has 1 aromatic heterocycles. The summed E-state index contributed by atoms with van der Waals surface area (Å²) in [6.45, 7) is 7.49. The summed E-state index contributed by atoms with van der Waals surface area (Å²) in [5.41, 5.74) is 2.03. The zero-order valence-corrected chi connectivity index (χ0v) is 14.0. The van der Waals surface area contributed by atoms with Gasteiger partial charge in [-0.25, -0.2) is 9.78 Å². The van der Waals surface area contributed by atoms with Gasteiger partial charge in [-0.15, -0.1) is 0 Å². The number of carbonyl (C=O) groups excluding carboxylic acids is 1. The van der Waals surface area contributed by atoms with Crippen LogP contribution in [0.5, 0.6) is 0 Å². The number of hydrogen-bond acceptors (Lipinski definition) is 3. The first-order valence-corrected chi connectivity index (χ1v) is 8.09. The van der Waals surface area contributed by atoms with Crippen LogP contribution >= 0.6 is 0 Å². The lowest BCUT2D eigenvalue weighted by Gasteiger charge is -2.14. The zero-order valence-electron chi connectivity index (χ0n) is 14.0. The van der Waals surface area contributed by atoms with Crippen LogP contribution in [-0.4, -0.2) is 39.9 Å². The van der Waals surface area contributed by atoms with Crippen LogP contribution < -0.4 is 10.6 Å². The maximum absolute atomic E-state index is 11.8. The average Bonchev–Trinajstić information content (AvgIpc) is 2.80. The minimum atomic E-state index is -0.499. The maximum Gasteiger partial charge on any atom is 0.314 e. The van der Waals surface area contributed by atoms with Crippen LogP contribution in [0.4, 0.5) is 4.79 Å². The Kier molecular flexibility index (Phi) is 5.98. The summed E-state index contributed by atoms with van der Waals surface area (Å²) in [5, 5.41) is 15.3. The summed E-state index contributed by atoms with van der Waals surface area (Å²) in [6.07, 6.45) is 0.182. The van der Waals surface area contributed by atoms with Gasteiger partial charge in [0, 0.05) is 19.6 Å². The fraction of sp³-hybridized carbons (Fsp3) is 0.529. The zero-order chi connectivity index (χ0) is 16.8. The SMILES string of the molecule is Cc1nc2ccccc2n1CCNC(=O)NCC(O)CC(C)C. The van der Waals surface area contributed by atoms with Crippen LogP contribution in [-0.2, 0) is 6.54 Å². The average molecular weight is 318 g/mol. The highest BCUT2D eigenvalue weighted by atomic mass is 16.3. The molecule has 126 valence electrons. The highest BCUT2D eigenvalue weighted by Crippen LogP contribution is 2.14. The second kappa shape index (κ2) is 7.97. The molecule has 0 saturated heterocycles. The fourth-order valence-corrected chi connectivity index (χ4v) is 2.66. The summed E-state index contributed by atoms with van der Waals surface area (Å²) in [7, 11) is 0. The van der Waals surface area contributed by atoms with Crippen molar-refractivity contribution in [2.24, 2.45) is 5.92 Å². The van der Waals surface area contributed by atoms with Gasteiger partial charge in [0.05, 0.1) is 17.1 Å². The van der Waals surface area contributed by atoms with E-state index < -0.39 is 6.10 Å². The molecule has 1 atom stereocenters. The van der Waals surface area contributed by atoms with Crippen LogP contribution in [0, 0.1) is 12.8 Å². The molecule has 2 amide bonds. The fourth-order valence-electron chi connectivity index (χ4n) is 2.66. The Balaban J connectivity index is 1.78. The first kappa shape index (κ1) is 17.3. The van der Waals surface area contributed by atoms with Crippen LogP contribution in [0.3, 0.4) is 0 Å². The van der Waals surface area contributed by atoms with Crippen LogP contribution in [0.15, 0.2) is 24.3 Å². The first-order chi connectivity index (χ1) is 11.0. The highest BCUT2D eigenvalue weighted by Gasteiger charge is 2.09. The number of aliphatic hydroxyl groups excluding tert-OH is 1. The van der Waals surface area contributed by atoms with E-state index >= 15 is 0 Å². The number of para-hydroxylation sites is 2. The third kappa shape index (κ3) is 4.96. The molecule has 23 heavy (non-hydrogen) atoms. The standard InChI is InChI=1S/C17H26N4O2/c1-12(2)10-14(22)11-19-17(23)18-8-9-21-13(3)20-15-6-4-5-7-16(15)21/h4-7,12,14,22H,8-11H2,1-3H3,(H2,18,19,23). The lowest BCUT2D eigenvalue weighted by Crippen LogP contribution is -2.41. The molecule has 1 unspecified atom stereocenters. The normalized spacial score (nSPS) is 12.6. The Labute approximate surface area is 136 Å². The Morgan fingerprint density at radius 2 is 2.04 bits per heavy atom. The molecule has 0 fully saturated rings. The number of aromatic nitrogens is 2. The van der Waals surface area contributed by atoms with Gasteiger partial charge in [-0.3, -0.25) is 0 Å². The summed E-state index contributed by atoms with van der Waals surface area (Å²) in [4.78, 5) is 16.3. The van der Waals surface area contributed by atoms with Crippen LogP contribution in [0.1, 0.15) is 26.1 Å². The van der Waals surface area contributed by atoms with Crippen molar-refractivity contribution in [3.63, 3.8) is 0 Å². The third-order valence-corrected chi connectivity index (χ3v) is 3.71. The van der Waals surface area contributed by atoms with Gasteiger partial charge in [-0.1, -0.05) is 26.0 Å². The molecule has 0 aliphatic heterocycles. The topological polar surface area (TPSA) is 79.2 Å². The summed E-state index contributed by atoms with van der Waals surface area (Å²) < 4.78 is 2.09. The number of carbonyl (C=O) groups is 1. The monoisotopic (exact) mass is 318 g/mol. The van der Waals surface area contributed by atoms with E-state index in [0.717, 1.165) is 16.9 Å². The molecule has 2 rings (SSSR count). The Bertz CT molecular complexity index is 651. The van der Waals surface area contributed by atoms with E-state index in [-0.39, 0.29) is 12.6 Å². The molecule has 2 aromatic rings. The van der Waals surface area contributed by atoms with Crippen molar-refractivity contribution in [2.75, 3.05) is 13.1 Å². The number of nitrogens with one attached hydrogen (secondary N) is 2. The number of aryl methyl sites for hydroxylation is 1. The van der Waals surface area contributed by atoms with Crippen LogP contribution in [0.2, 0.25) is 0 Å². The van der Waals surface area contributed by atoms with Gasteiger partial charge in [0.15, 0.2) is 0 Å². The second-order valence-electron chi connectivity index (χ2n) is 6.22. The third-order valence-electron chi connectivity index (χ3n) is 3.71. The second-order valence-corrected chi connectivity index (χ2v) is 6.22.